The number of hydrogen-bond donors (Lipinski definition) is 2. The fraction of sp³-hybridized carbons (Fsp3) is 0.846. The second kappa shape index (κ2) is 5.16. The molecular formula is C13H23N3O2. The Labute approximate surface area is 108 Å². The molecule has 0 saturated heterocycles. The van der Waals surface area contributed by atoms with E-state index < -0.39 is 0 Å². The standard InChI is InChI=1S/C13H23N3O2/c1-8(12(14)15-18)7-16(2)13(17)11-9-5-3-4-6-10(9)11/h8-11,18H,3-7H2,1-2H3,(H2,14,15). The molecule has 0 heterocycles. The molecular weight excluding hydrogens is 230 g/mol. The van der Waals surface area contributed by atoms with Crippen molar-refractivity contribution < 1.29 is 10.0 Å². The van der Waals surface area contributed by atoms with E-state index in [1.54, 1.807) is 4.90 Å². The molecule has 102 valence electrons. The Kier molecular flexibility index (Phi) is 3.78. The Morgan fingerprint density at radius 2 is 2.00 bits per heavy atom. The smallest absolute Gasteiger partial charge is 0.226 e. The second-order valence-electron chi connectivity index (χ2n) is 5.78. The van der Waals surface area contributed by atoms with Gasteiger partial charge in [0.1, 0.15) is 5.84 Å². The number of hydrogen-bond acceptors (Lipinski definition) is 3. The summed E-state index contributed by atoms with van der Waals surface area (Å²) in [5.41, 5.74) is 5.54. The molecule has 1 amide bonds. The molecule has 3 unspecified atom stereocenters. The quantitative estimate of drug-likeness (QED) is 0.343. The molecule has 0 aromatic heterocycles. The summed E-state index contributed by atoms with van der Waals surface area (Å²) in [6.45, 7) is 2.38. The molecule has 0 bridgehead atoms. The van der Waals surface area contributed by atoms with E-state index in [1.807, 2.05) is 14.0 Å². The minimum Gasteiger partial charge on any atom is -0.409 e. The van der Waals surface area contributed by atoms with E-state index in [1.165, 1.54) is 25.7 Å². The maximum absolute atomic E-state index is 12.3. The maximum Gasteiger partial charge on any atom is 0.226 e. The van der Waals surface area contributed by atoms with Crippen LogP contribution in [0.25, 0.3) is 0 Å². The van der Waals surface area contributed by atoms with E-state index in [-0.39, 0.29) is 23.6 Å². The Hall–Kier alpha value is -1.26. The molecule has 5 heteroatoms. The van der Waals surface area contributed by atoms with Gasteiger partial charge in [-0.1, -0.05) is 24.9 Å². The third kappa shape index (κ3) is 2.44. The molecule has 5 nitrogen and oxygen atoms in total. The minimum absolute atomic E-state index is 0.107. The fourth-order valence-corrected chi connectivity index (χ4v) is 3.31. The highest BCUT2D eigenvalue weighted by Gasteiger charge is 2.55. The van der Waals surface area contributed by atoms with Crippen molar-refractivity contribution in [1.82, 2.24) is 4.90 Å². The van der Waals surface area contributed by atoms with Crippen molar-refractivity contribution in [2.75, 3.05) is 13.6 Å². The zero-order valence-corrected chi connectivity index (χ0v) is 11.2. The van der Waals surface area contributed by atoms with Gasteiger partial charge in [-0.3, -0.25) is 4.79 Å². The normalized spacial score (nSPS) is 32.6. The second-order valence-corrected chi connectivity index (χ2v) is 5.78. The van der Waals surface area contributed by atoms with Gasteiger partial charge >= 0.3 is 0 Å². The van der Waals surface area contributed by atoms with Crippen molar-refractivity contribution in [3.8, 4) is 0 Å². The largest absolute Gasteiger partial charge is 0.409 e. The van der Waals surface area contributed by atoms with Crippen LogP contribution >= 0.6 is 0 Å². The van der Waals surface area contributed by atoms with Crippen LogP contribution in [-0.2, 0) is 4.79 Å². The Morgan fingerprint density at radius 3 is 2.50 bits per heavy atom. The lowest BCUT2D eigenvalue weighted by molar-refractivity contribution is -0.132. The minimum atomic E-state index is -0.107. The first-order chi connectivity index (χ1) is 8.56. The van der Waals surface area contributed by atoms with Gasteiger partial charge in [0.25, 0.3) is 0 Å². The molecule has 2 aliphatic rings. The highest BCUT2D eigenvalue weighted by molar-refractivity contribution is 5.85. The van der Waals surface area contributed by atoms with Crippen molar-refractivity contribution in [3.63, 3.8) is 0 Å². The summed E-state index contributed by atoms with van der Waals surface area (Å²) >= 11 is 0. The lowest BCUT2D eigenvalue weighted by atomic mass is 10.0. The van der Waals surface area contributed by atoms with Gasteiger partial charge in [0.2, 0.25) is 5.91 Å². The first kappa shape index (κ1) is 13.2. The zero-order chi connectivity index (χ0) is 13.3. The Balaban J connectivity index is 1.86. The number of rotatable bonds is 4. The van der Waals surface area contributed by atoms with Crippen molar-refractivity contribution in [2.45, 2.75) is 32.6 Å². The summed E-state index contributed by atoms with van der Waals surface area (Å²) in [5, 5.41) is 11.6. The van der Waals surface area contributed by atoms with Crippen LogP contribution in [0.2, 0.25) is 0 Å². The van der Waals surface area contributed by atoms with Crippen LogP contribution in [0, 0.1) is 23.7 Å². The number of nitrogens with zero attached hydrogens (tertiary/aromatic N) is 2. The predicted octanol–water partition coefficient (Wildman–Crippen LogP) is 1.26. The first-order valence-corrected chi connectivity index (χ1v) is 6.78. The van der Waals surface area contributed by atoms with Crippen LogP contribution in [0.3, 0.4) is 0 Å². The molecule has 0 aromatic rings. The SMILES string of the molecule is CC(CN(C)C(=O)C1C2CCCCC21)C(N)=NO. The zero-order valence-electron chi connectivity index (χ0n) is 11.2. The topological polar surface area (TPSA) is 78.9 Å². The number of nitrogens with two attached hydrogens (primary N) is 1. The van der Waals surface area contributed by atoms with Gasteiger partial charge in [-0.2, -0.15) is 0 Å². The molecule has 0 radical (unpaired) electrons. The summed E-state index contributed by atoms with van der Waals surface area (Å²) in [6, 6.07) is 0. The summed E-state index contributed by atoms with van der Waals surface area (Å²) in [5.74, 6) is 1.83. The third-order valence-electron chi connectivity index (χ3n) is 4.49. The summed E-state index contributed by atoms with van der Waals surface area (Å²) in [4.78, 5) is 14.0. The highest BCUT2D eigenvalue weighted by atomic mass is 16.4. The molecule has 0 aromatic carbocycles. The summed E-state index contributed by atoms with van der Waals surface area (Å²) in [7, 11) is 1.81. The van der Waals surface area contributed by atoms with E-state index in [4.69, 9.17) is 10.9 Å². The van der Waals surface area contributed by atoms with Crippen LogP contribution < -0.4 is 5.73 Å². The summed E-state index contributed by atoms with van der Waals surface area (Å²) < 4.78 is 0. The van der Waals surface area contributed by atoms with Gasteiger partial charge in [0.05, 0.1) is 0 Å². The van der Waals surface area contributed by atoms with E-state index in [0.717, 1.165) is 0 Å². The molecule has 0 aliphatic heterocycles. The highest BCUT2D eigenvalue weighted by Crippen LogP contribution is 2.55. The summed E-state index contributed by atoms with van der Waals surface area (Å²) in [6.07, 6.45) is 4.97. The average Bonchev–Trinajstić information content (AvgIpc) is 3.10. The number of amidine groups is 1. The van der Waals surface area contributed by atoms with E-state index >= 15 is 0 Å². The number of oxime groups is 1. The van der Waals surface area contributed by atoms with Crippen LogP contribution in [0.5, 0.6) is 0 Å². The van der Waals surface area contributed by atoms with Crippen molar-refractivity contribution >= 4 is 11.7 Å². The van der Waals surface area contributed by atoms with Gasteiger partial charge in [-0.15, -0.1) is 0 Å². The van der Waals surface area contributed by atoms with Crippen LogP contribution in [0.1, 0.15) is 32.6 Å². The number of fused-ring (bicyclic) bond motifs is 1. The monoisotopic (exact) mass is 253 g/mol. The van der Waals surface area contributed by atoms with Crippen molar-refractivity contribution in [3.05, 3.63) is 0 Å². The van der Waals surface area contributed by atoms with E-state index in [2.05, 4.69) is 5.16 Å². The predicted molar refractivity (Wildman–Crippen MR) is 69.1 cm³/mol. The average molecular weight is 253 g/mol. The molecule has 2 saturated carbocycles. The van der Waals surface area contributed by atoms with E-state index in [9.17, 15) is 4.79 Å². The van der Waals surface area contributed by atoms with Gasteiger partial charge < -0.3 is 15.8 Å². The Bertz CT molecular complexity index is 344. The molecule has 3 N–H and O–H groups in total. The van der Waals surface area contributed by atoms with E-state index in [0.29, 0.717) is 18.4 Å². The Morgan fingerprint density at radius 1 is 1.44 bits per heavy atom. The first-order valence-electron chi connectivity index (χ1n) is 6.78. The molecule has 18 heavy (non-hydrogen) atoms. The number of carbonyl (C=O) groups is 1. The molecule has 2 fully saturated rings. The maximum atomic E-state index is 12.3. The number of carbonyl (C=O) groups excluding carboxylic acids is 1. The lowest BCUT2D eigenvalue weighted by Gasteiger charge is -2.21. The van der Waals surface area contributed by atoms with Crippen LogP contribution in [0.15, 0.2) is 5.16 Å². The number of amides is 1. The van der Waals surface area contributed by atoms with Crippen molar-refractivity contribution in [1.29, 1.82) is 0 Å². The van der Waals surface area contributed by atoms with Crippen LogP contribution in [0.4, 0.5) is 0 Å². The van der Waals surface area contributed by atoms with Gasteiger partial charge in [-0.25, -0.2) is 0 Å². The molecule has 0 spiro atoms. The fourth-order valence-electron chi connectivity index (χ4n) is 3.31. The van der Waals surface area contributed by atoms with Crippen molar-refractivity contribution in [2.24, 2.45) is 34.6 Å². The van der Waals surface area contributed by atoms with Gasteiger partial charge in [0.15, 0.2) is 0 Å². The van der Waals surface area contributed by atoms with Gasteiger partial charge in [0, 0.05) is 25.4 Å². The third-order valence-corrected chi connectivity index (χ3v) is 4.49. The lowest BCUT2D eigenvalue weighted by Crippen LogP contribution is -2.37. The molecule has 2 aliphatic carbocycles. The molecule has 3 atom stereocenters. The van der Waals surface area contributed by atoms with Gasteiger partial charge in [-0.05, 0) is 24.7 Å². The van der Waals surface area contributed by atoms with Crippen LogP contribution in [-0.4, -0.2) is 35.4 Å². The molecule has 2 rings (SSSR count).